The highest BCUT2D eigenvalue weighted by molar-refractivity contribution is 6.06. The van der Waals surface area contributed by atoms with Gasteiger partial charge in [-0.05, 0) is 26.3 Å². The first-order valence-corrected chi connectivity index (χ1v) is 8.21. The molecule has 136 valence electrons. The molecule has 6 heteroatoms. The van der Waals surface area contributed by atoms with E-state index in [4.69, 9.17) is 9.47 Å². The van der Waals surface area contributed by atoms with Crippen LogP contribution in [0.4, 0.5) is 0 Å². The average Bonchev–Trinajstić information content (AvgIpc) is 2.57. The van der Waals surface area contributed by atoms with Gasteiger partial charge in [-0.15, -0.1) is 0 Å². The molecule has 1 aliphatic rings. The van der Waals surface area contributed by atoms with Crippen LogP contribution in [0.25, 0.3) is 0 Å². The molecule has 0 spiro atoms. The molecule has 0 fully saturated rings. The average molecular weight is 356 g/mol. The molecule has 0 saturated heterocycles. The first-order valence-electron chi connectivity index (χ1n) is 8.21. The van der Waals surface area contributed by atoms with Gasteiger partial charge >= 0.3 is 0 Å². The van der Waals surface area contributed by atoms with Crippen molar-refractivity contribution in [1.29, 1.82) is 0 Å². The van der Waals surface area contributed by atoms with Gasteiger partial charge in [0.1, 0.15) is 28.4 Å². The van der Waals surface area contributed by atoms with Gasteiger partial charge in [-0.1, -0.05) is 30.3 Å². The highest BCUT2D eigenvalue weighted by Gasteiger charge is 2.44. The third-order valence-electron chi connectivity index (χ3n) is 4.50. The molecule has 0 radical (unpaired) electrons. The molecule has 1 heterocycles. The fourth-order valence-electron chi connectivity index (χ4n) is 2.81. The van der Waals surface area contributed by atoms with Crippen LogP contribution in [0.2, 0.25) is 0 Å². The van der Waals surface area contributed by atoms with E-state index in [-0.39, 0.29) is 22.8 Å². The van der Waals surface area contributed by atoms with Gasteiger partial charge in [0.2, 0.25) is 5.78 Å². The van der Waals surface area contributed by atoms with E-state index in [2.05, 4.69) is 0 Å². The van der Waals surface area contributed by atoms with Crippen molar-refractivity contribution in [3.05, 3.63) is 53.6 Å². The number of benzene rings is 2. The Bertz CT molecular complexity index is 856. The summed E-state index contributed by atoms with van der Waals surface area (Å²) in [4.78, 5) is 25.0. The molecule has 0 saturated carbocycles. The SMILES string of the molecule is CC(=O)C(C)(C)OC1C(=O)c2c(O)cc(O)cc2OC1c1ccccc1. The standard InChI is InChI=1S/C20H20O6/c1-11(21)20(2,3)26-19-17(24)16-14(23)9-13(22)10-15(16)25-18(19)12-7-5-4-6-8-12/h4-10,18-19,22-23H,1-3H3. The Hall–Kier alpha value is -2.86. The summed E-state index contributed by atoms with van der Waals surface area (Å²) in [5.41, 5.74) is -0.598. The second-order valence-electron chi connectivity index (χ2n) is 6.76. The molecule has 0 aliphatic carbocycles. The fraction of sp³-hybridized carbons (Fsp3) is 0.300. The topological polar surface area (TPSA) is 93.1 Å². The van der Waals surface area contributed by atoms with Crippen LogP contribution in [0.5, 0.6) is 17.2 Å². The molecule has 0 bridgehead atoms. The maximum atomic E-state index is 13.1. The molecule has 2 N–H and O–H groups in total. The number of fused-ring (bicyclic) bond motifs is 1. The van der Waals surface area contributed by atoms with Crippen LogP contribution in [0, 0.1) is 0 Å². The molecule has 0 aromatic heterocycles. The minimum absolute atomic E-state index is 0.0701. The number of rotatable bonds is 4. The lowest BCUT2D eigenvalue weighted by Gasteiger charge is -2.37. The summed E-state index contributed by atoms with van der Waals surface area (Å²) < 4.78 is 11.8. The summed E-state index contributed by atoms with van der Waals surface area (Å²) in [5.74, 6) is -1.29. The number of carbonyl (C=O) groups excluding carboxylic acids is 2. The maximum Gasteiger partial charge on any atom is 0.203 e. The highest BCUT2D eigenvalue weighted by Crippen LogP contribution is 2.43. The van der Waals surface area contributed by atoms with E-state index in [9.17, 15) is 19.8 Å². The van der Waals surface area contributed by atoms with Crippen LogP contribution >= 0.6 is 0 Å². The van der Waals surface area contributed by atoms with Gasteiger partial charge in [-0.2, -0.15) is 0 Å². The van der Waals surface area contributed by atoms with Crippen molar-refractivity contribution in [3.63, 3.8) is 0 Å². The molecular formula is C20H20O6. The molecule has 2 aromatic carbocycles. The minimum atomic E-state index is -1.21. The third kappa shape index (κ3) is 3.15. The van der Waals surface area contributed by atoms with Gasteiger partial charge in [-0.25, -0.2) is 0 Å². The maximum absolute atomic E-state index is 13.1. The Morgan fingerprint density at radius 2 is 1.81 bits per heavy atom. The number of hydrogen-bond acceptors (Lipinski definition) is 6. The summed E-state index contributed by atoms with van der Waals surface area (Å²) >= 11 is 0. The van der Waals surface area contributed by atoms with Crippen molar-refractivity contribution in [2.75, 3.05) is 0 Å². The van der Waals surface area contributed by atoms with E-state index in [1.165, 1.54) is 13.0 Å². The second-order valence-corrected chi connectivity index (χ2v) is 6.76. The smallest absolute Gasteiger partial charge is 0.203 e. The van der Waals surface area contributed by atoms with Crippen LogP contribution in [-0.2, 0) is 9.53 Å². The van der Waals surface area contributed by atoms with E-state index in [0.717, 1.165) is 6.07 Å². The number of Topliss-reactive ketones (excluding diaryl/α,β-unsaturated/α-hetero) is 2. The van der Waals surface area contributed by atoms with Gasteiger partial charge in [0.15, 0.2) is 18.0 Å². The number of carbonyl (C=O) groups is 2. The van der Waals surface area contributed by atoms with E-state index in [0.29, 0.717) is 5.56 Å². The molecule has 3 rings (SSSR count). The summed E-state index contributed by atoms with van der Waals surface area (Å²) in [6, 6.07) is 11.3. The summed E-state index contributed by atoms with van der Waals surface area (Å²) in [5, 5.41) is 19.8. The minimum Gasteiger partial charge on any atom is -0.508 e. The normalized spacial score (nSPS) is 19.6. The van der Waals surface area contributed by atoms with Gasteiger partial charge in [0.25, 0.3) is 0 Å². The highest BCUT2D eigenvalue weighted by atomic mass is 16.6. The Balaban J connectivity index is 2.11. The molecule has 2 atom stereocenters. The molecular weight excluding hydrogens is 336 g/mol. The van der Waals surface area contributed by atoms with Gasteiger partial charge in [0.05, 0.1) is 0 Å². The number of ether oxygens (including phenoxy) is 2. The molecule has 1 aliphatic heterocycles. The first-order chi connectivity index (χ1) is 12.2. The summed E-state index contributed by atoms with van der Waals surface area (Å²) in [6.07, 6.45) is -1.95. The Labute approximate surface area is 151 Å². The van der Waals surface area contributed by atoms with Crippen molar-refractivity contribution in [2.45, 2.75) is 38.6 Å². The third-order valence-corrected chi connectivity index (χ3v) is 4.50. The number of phenolic OH excluding ortho intramolecular Hbond substituents is 2. The van der Waals surface area contributed by atoms with Crippen molar-refractivity contribution < 1.29 is 29.3 Å². The lowest BCUT2D eigenvalue weighted by molar-refractivity contribution is -0.148. The molecule has 6 nitrogen and oxygen atoms in total. The zero-order valence-corrected chi connectivity index (χ0v) is 14.7. The quantitative estimate of drug-likeness (QED) is 0.874. The van der Waals surface area contributed by atoms with E-state index in [1.54, 1.807) is 38.1 Å². The van der Waals surface area contributed by atoms with Crippen LogP contribution in [-0.4, -0.2) is 33.5 Å². The van der Waals surface area contributed by atoms with Crippen molar-refractivity contribution in [3.8, 4) is 17.2 Å². The number of ketones is 2. The first kappa shape index (κ1) is 17.9. The lowest BCUT2D eigenvalue weighted by Crippen LogP contribution is -2.46. The van der Waals surface area contributed by atoms with Crippen molar-refractivity contribution in [1.82, 2.24) is 0 Å². The monoisotopic (exact) mass is 356 g/mol. The molecule has 0 amide bonds. The van der Waals surface area contributed by atoms with Crippen LogP contribution in [0.1, 0.15) is 42.8 Å². The Kier molecular flexibility index (Phi) is 4.46. The molecule has 2 unspecified atom stereocenters. The predicted octanol–water partition coefficient (Wildman–Crippen LogP) is 3.17. The van der Waals surface area contributed by atoms with Gasteiger partial charge in [-0.3, -0.25) is 9.59 Å². The van der Waals surface area contributed by atoms with Crippen LogP contribution in [0.3, 0.4) is 0 Å². The van der Waals surface area contributed by atoms with E-state index >= 15 is 0 Å². The van der Waals surface area contributed by atoms with Crippen molar-refractivity contribution >= 4 is 11.6 Å². The summed E-state index contributed by atoms with van der Waals surface area (Å²) in [7, 11) is 0. The van der Waals surface area contributed by atoms with Crippen LogP contribution in [0.15, 0.2) is 42.5 Å². The van der Waals surface area contributed by atoms with Crippen LogP contribution < -0.4 is 4.74 Å². The molecule has 26 heavy (non-hydrogen) atoms. The Morgan fingerprint density at radius 1 is 1.15 bits per heavy atom. The van der Waals surface area contributed by atoms with E-state index < -0.39 is 29.3 Å². The second kappa shape index (κ2) is 6.46. The number of hydrogen-bond donors (Lipinski definition) is 2. The van der Waals surface area contributed by atoms with Gasteiger partial charge < -0.3 is 19.7 Å². The zero-order valence-electron chi connectivity index (χ0n) is 14.7. The van der Waals surface area contributed by atoms with E-state index in [1.807, 2.05) is 6.07 Å². The van der Waals surface area contributed by atoms with Gasteiger partial charge in [0, 0.05) is 12.1 Å². The largest absolute Gasteiger partial charge is 0.508 e. The zero-order chi connectivity index (χ0) is 19.1. The number of aromatic hydroxyl groups is 2. The van der Waals surface area contributed by atoms with Crippen molar-refractivity contribution in [2.24, 2.45) is 0 Å². The summed E-state index contributed by atoms with van der Waals surface area (Å²) in [6.45, 7) is 4.54. The number of phenols is 2. The molecule has 2 aromatic rings. The lowest BCUT2D eigenvalue weighted by atomic mass is 9.91. The predicted molar refractivity (Wildman–Crippen MR) is 93.5 cm³/mol. The Morgan fingerprint density at radius 3 is 2.42 bits per heavy atom. The fourth-order valence-corrected chi connectivity index (χ4v) is 2.81.